The monoisotopic (exact) mass is 316 g/mol. The van der Waals surface area contributed by atoms with Gasteiger partial charge in [-0.3, -0.25) is 15.6 Å². The fourth-order valence-corrected chi connectivity index (χ4v) is 4.83. The summed E-state index contributed by atoms with van der Waals surface area (Å²) in [4.78, 5) is 17.8. The number of aromatic nitrogens is 1. The normalized spacial score (nSPS) is 19.7. The van der Waals surface area contributed by atoms with Crippen LogP contribution in [0.5, 0.6) is 0 Å². The molecule has 1 aromatic rings. The zero-order chi connectivity index (χ0) is 14.8. The third kappa shape index (κ3) is 3.05. The molecule has 1 saturated heterocycles. The van der Waals surface area contributed by atoms with Crippen molar-refractivity contribution in [3.05, 3.63) is 24.0 Å². The van der Waals surface area contributed by atoms with Crippen LogP contribution in [-0.2, 0) is 9.84 Å². The number of amides is 1. The molecule has 110 valence electrons. The van der Waals surface area contributed by atoms with Gasteiger partial charge >= 0.3 is 0 Å². The van der Waals surface area contributed by atoms with E-state index in [0.29, 0.717) is 29.3 Å². The van der Waals surface area contributed by atoms with Crippen LogP contribution in [0.4, 0.5) is 5.69 Å². The number of sulfone groups is 1. The lowest BCUT2D eigenvalue weighted by Crippen LogP contribution is -2.50. The minimum Gasteiger partial charge on any atom is -0.322 e. The maximum Gasteiger partial charge on any atom is 0.257 e. The third-order valence-corrected chi connectivity index (χ3v) is 5.69. The molecule has 1 atom stereocenters. The van der Waals surface area contributed by atoms with Gasteiger partial charge in [0.25, 0.3) is 5.91 Å². The second-order valence-electron chi connectivity index (χ2n) is 4.42. The third-order valence-electron chi connectivity index (χ3n) is 3.05. The number of hydrogen-bond acceptors (Lipinski definition) is 7. The van der Waals surface area contributed by atoms with Gasteiger partial charge in [-0.15, -0.1) is 0 Å². The number of anilines is 1. The van der Waals surface area contributed by atoms with Crippen LogP contribution >= 0.6 is 11.8 Å². The average molecular weight is 316 g/mol. The number of hydrogen-bond donors (Lipinski definition) is 2. The predicted octanol–water partition coefficient (Wildman–Crippen LogP) is -0.0731. The summed E-state index contributed by atoms with van der Waals surface area (Å²) in [5.41, 5.74) is 3.10. The predicted molar refractivity (Wildman–Crippen MR) is 79.0 cm³/mol. The zero-order valence-electron chi connectivity index (χ0n) is 10.9. The first-order valence-electron chi connectivity index (χ1n) is 5.93. The quantitative estimate of drug-likeness (QED) is 0.594. The Morgan fingerprint density at radius 2 is 2.35 bits per heavy atom. The van der Waals surface area contributed by atoms with Gasteiger partial charge < -0.3 is 10.3 Å². The SMILES string of the molecule is CS(=O)(=O)C1CSCCN1C(=O)c1ccncc1NN. The number of carbonyl (C=O) groups is 1. The molecule has 0 radical (unpaired) electrons. The van der Waals surface area contributed by atoms with E-state index in [1.165, 1.54) is 35.1 Å². The fourth-order valence-electron chi connectivity index (χ4n) is 2.02. The van der Waals surface area contributed by atoms with Crippen molar-refractivity contribution in [2.24, 2.45) is 5.84 Å². The molecule has 0 saturated carbocycles. The van der Waals surface area contributed by atoms with Gasteiger partial charge in [0.15, 0.2) is 9.84 Å². The van der Waals surface area contributed by atoms with E-state index in [1.54, 1.807) is 0 Å². The topological polar surface area (TPSA) is 105 Å². The molecular formula is C11H16N4O3S2. The number of nitrogen functional groups attached to an aromatic ring is 1. The van der Waals surface area contributed by atoms with E-state index in [4.69, 9.17) is 5.84 Å². The second kappa shape index (κ2) is 5.98. The summed E-state index contributed by atoms with van der Waals surface area (Å²) in [5, 5.41) is -0.799. The van der Waals surface area contributed by atoms with E-state index in [1.807, 2.05) is 0 Å². The van der Waals surface area contributed by atoms with Crippen LogP contribution in [0.2, 0.25) is 0 Å². The van der Waals surface area contributed by atoms with E-state index in [-0.39, 0.29) is 5.91 Å². The van der Waals surface area contributed by atoms with Crippen LogP contribution in [0.25, 0.3) is 0 Å². The number of rotatable bonds is 3. The summed E-state index contributed by atoms with van der Waals surface area (Å²) in [6.07, 6.45) is 4.06. The minimum absolute atomic E-state index is 0.322. The van der Waals surface area contributed by atoms with Crippen molar-refractivity contribution in [2.75, 3.05) is 29.7 Å². The maximum absolute atomic E-state index is 12.6. The highest BCUT2D eigenvalue weighted by atomic mass is 32.2. The Morgan fingerprint density at radius 3 is 3.00 bits per heavy atom. The first kappa shape index (κ1) is 15.1. The van der Waals surface area contributed by atoms with Gasteiger partial charge in [0, 0.05) is 30.5 Å². The maximum atomic E-state index is 12.6. The minimum atomic E-state index is -3.33. The van der Waals surface area contributed by atoms with Gasteiger partial charge in [-0.1, -0.05) is 0 Å². The molecule has 0 aliphatic carbocycles. The average Bonchev–Trinajstić information content (AvgIpc) is 2.45. The van der Waals surface area contributed by atoms with Crippen LogP contribution in [0, 0.1) is 0 Å². The highest BCUT2D eigenvalue weighted by Gasteiger charge is 2.35. The number of pyridine rings is 1. The van der Waals surface area contributed by atoms with Crippen molar-refractivity contribution >= 4 is 33.2 Å². The Bertz CT molecular complexity index is 605. The van der Waals surface area contributed by atoms with Crippen molar-refractivity contribution in [3.8, 4) is 0 Å². The Balaban J connectivity index is 2.35. The number of nitrogens with two attached hydrogens (primary N) is 1. The molecule has 0 bridgehead atoms. The van der Waals surface area contributed by atoms with E-state index in [0.717, 1.165) is 6.26 Å². The summed E-state index contributed by atoms with van der Waals surface area (Å²) < 4.78 is 23.7. The Kier molecular flexibility index (Phi) is 4.51. The summed E-state index contributed by atoms with van der Waals surface area (Å²) >= 11 is 1.53. The molecule has 9 heteroatoms. The highest BCUT2D eigenvalue weighted by Crippen LogP contribution is 2.24. The molecule has 3 N–H and O–H groups in total. The molecule has 1 unspecified atom stereocenters. The standard InChI is InChI=1S/C11H16N4O3S2/c1-20(17,18)10-7-19-5-4-15(10)11(16)8-2-3-13-6-9(8)14-12/h2-3,6,10,14H,4-5,7,12H2,1H3. The summed E-state index contributed by atoms with van der Waals surface area (Å²) in [6.45, 7) is 0.396. The van der Waals surface area contributed by atoms with Gasteiger partial charge in [0.2, 0.25) is 0 Å². The second-order valence-corrected chi connectivity index (χ2v) is 7.78. The lowest BCUT2D eigenvalue weighted by Gasteiger charge is -2.34. The van der Waals surface area contributed by atoms with Crippen molar-refractivity contribution in [3.63, 3.8) is 0 Å². The lowest BCUT2D eigenvalue weighted by atomic mass is 10.2. The van der Waals surface area contributed by atoms with Crippen LogP contribution in [0.3, 0.4) is 0 Å². The Hall–Kier alpha value is -1.32. The van der Waals surface area contributed by atoms with E-state index >= 15 is 0 Å². The van der Waals surface area contributed by atoms with Gasteiger partial charge in [0.1, 0.15) is 5.37 Å². The first-order chi connectivity index (χ1) is 9.45. The summed E-state index contributed by atoms with van der Waals surface area (Å²) in [5.74, 6) is 6.11. The van der Waals surface area contributed by atoms with Crippen molar-refractivity contribution in [1.82, 2.24) is 9.88 Å². The fraction of sp³-hybridized carbons (Fsp3) is 0.455. The van der Waals surface area contributed by atoms with Gasteiger partial charge in [-0.25, -0.2) is 8.42 Å². The molecule has 0 spiro atoms. The Morgan fingerprint density at radius 1 is 1.60 bits per heavy atom. The van der Waals surface area contributed by atoms with Crippen molar-refractivity contribution in [2.45, 2.75) is 5.37 Å². The molecular weight excluding hydrogens is 300 g/mol. The van der Waals surface area contributed by atoms with Crippen LogP contribution < -0.4 is 11.3 Å². The molecule has 7 nitrogen and oxygen atoms in total. The number of nitrogens with zero attached hydrogens (tertiary/aromatic N) is 2. The smallest absolute Gasteiger partial charge is 0.257 e. The molecule has 1 aromatic heterocycles. The van der Waals surface area contributed by atoms with Crippen LogP contribution in [-0.4, -0.2) is 53.9 Å². The summed E-state index contributed by atoms with van der Waals surface area (Å²) in [7, 11) is -3.33. The summed E-state index contributed by atoms with van der Waals surface area (Å²) in [6, 6.07) is 1.53. The van der Waals surface area contributed by atoms with Crippen molar-refractivity contribution in [1.29, 1.82) is 0 Å². The highest BCUT2D eigenvalue weighted by molar-refractivity contribution is 8.00. The van der Waals surface area contributed by atoms with Gasteiger partial charge in [-0.2, -0.15) is 11.8 Å². The molecule has 2 heterocycles. The van der Waals surface area contributed by atoms with Crippen LogP contribution in [0.15, 0.2) is 18.5 Å². The molecule has 1 fully saturated rings. The van der Waals surface area contributed by atoms with Gasteiger partial charge in [-0.05, 0) is 6.07 Å². The zero-order valence-corrected chi connectivity index (χ0v) is 12.6. The van der Waals surface area contributed by atoms with E-state index in [9.17, 15) is 13.2 Å². The number of nitrogens with one attached hydrogen (secondary N) is 1. The molecule has 1 aliphatic rings. The molecule has 1 amide bonds. The first-order valence-corrected chi connectivity index (χ1v) is 9.04. The van der Waals surface area contributed by atoms with Gasteiger partial charge in [0.05, 0.1) is 17.4 Å². The molecule has 2 rings (SSSR count). The van der Waals surface area contributed by atoms with Crippen LogP contribution in [0.1, 0.15) is 10.4 Å². The lowest BCUT2D eigenvalue weighted by molar-refractivity contribution is 0.0750. The molecule has 20 heavy (non-hydrogen) atoms. The van der Waals surface area contributed by atoms with Crippen molar-refractivity contribution < 1.29 is 13.2 Å². The molecule has 1 aliphatic heterocycles. The number of hydrazine groups is 1. The largest absolute Gasteiger partial charge is 0.322 e. The number of thioether (sulfide) groups is 1. The molecule has 0 aromatic carbocycles. The van der Waals surface area contributed by atoms with E-state index in [2.05, 4.69) is 10.4 Å². The number of carbonyl (C=O) groups excluding carboxylic acids is 1. The van der Waals surface area contributed by atoms with E-state index < -0.39 is 15.2 Å². The Labute approximate surface area is 121 Å².